The number of nitrogens with zero attached hydrogens (tertiary/aromatic N) is 3. The molecule has 4 rings (SSSR count). The van der Waals surface area contributed by atoms with Crippen molar-refractivity contribution in [2.24, 2.45) is 4.99 Å². The summed E-state index contributed by atoms with van der Waals surface area (Å²) in [6.07, 6.45) is -1.30. The van der Waals surface area contributed by atoms with Crippen LogP contribution in [0.4, 0.5) is 18.0 Å². The van der Waals surface area contributed by atoms with E-state index < -0.39 is 23.3 Å². The van der Waals surface area contributed by atoms with Gasteiger partial charge in [0.05, 0.1) is 28.1 Å². The number of aromatic nitrogens is 2. The summed E-state index contributed by atoms with van der Waals surface area (Å²) in [6, 6.07) is 8.25. The fraction of sp³-hybridized carbons (Fsp3) is 0.143. The van der Waals surface area contributed by atoms with Gasteiger partial charge in [0.15, 0.2) is 0 Å². The van der Waals surface area contributed by atoms with Crippen LogP contribution in [0.3, 0.4) is 0 Å². The molecule has 0 radical (unpaired) electrons. The first-order valence-corrected chi connectivity index (χ1v) is 10.0. The van der Waals surface area contributed by atoms with Crippen LogP contribution in [0.2, 0.25) is 0 Å². The van der Waals surface area contributed by atoms with Gasteiger partial charge in [0.2, 0.25) is 0 Å². The Hall–Kier alpha value is -3.60. The summed E-state index contributed by atoms with van der Waals surface area (Å²) < 4.78 is 41.8. The normalized spacial score (nSPS) is 16.8. The van der Waals surface area contributed by atoms with E-state index in [0.717, 1.165) is 29.5 Å². The van der Waals surface area contributed by atoms with E-state index in [-0.39, 0.29) is 17.3 Å². The largest absolute Gasteiger partial charge is 0.478 e. The first-order chi connectivity index (χ1) is 15.1. The minimum Gasteiger partial charge on any atom is -0.478 e. The Balaban J connectivity index is 1.66. The summed E-state index contributed by atoms with van der Waals surface area (Å²) in [5.41, 5.74) is -0.172. The molecule has 0 unspecified atom stereocenters. The monoisotopic (exact) mass is 460 g/mol. The minimum absolute atomic E-state index is 0.0895. The maximum absolute atomic E-state index is 13.5. The number of aromatic carboxylic acids is 1. The van der Waals surface area contributed by atoms with E-state index in [1.165, 1.54) is 4.68 Å². The van der Waals surface area contributed by atoms with Crippen molar-refractivity contribution in [3.8, 4) is 0 Å². The van der Waals surface area contributed by atoms with E-state index in [2.05, 4.69) is 15.4 Å². The van der Waals surface area contributed by atoms with Crippen LogP contribution in [-0.4, -0.2) is 39.0 Å². The molecule has 1 fully saturated rings. The van der Waals surface area contributed by atoms with E-state index in [9.17, 15) is 22.8 Å². The molecular formula is C21H15F3N4O3S. The molecule has 0 bridgehead atoms. The van der Waals surface area contributed by atoms with Crippen LogP contribution in [0.5, 0.6) is 0 Å². The number of carboxylic acids is 1. The average Bonchev–Trinajstić information content (AvgIpc) is 3.28. The summed E-state index contributed by atoms with van der Waals surface area (Å²) in [6.45, 7) is -0.180. The van der Waals surface area contributed by atoms with E-state index >= 15 is 0 Å². The highest BCUT2D eigenvalue weighted by Gasteiger charge is 2.34. The quantitative estimate of drug-likeness (QED) is 0.592. The zero-order valence-electron chi connectivity index (χ0n) is 16.5. The molecule has 0 spiro atoms. The van der Waals surface area contributed by atoms with Crippen molar-refractivity contribution in [1.82, 2.24) is 15.1 Å². The number of amides is 1. The number of nitrogens with one attached hydrogen (secondary N) is 1. The number of carbonyl (C=O) groups is 2. The third-order valence-electron chi connectivity index (χ3n) is 4.75. The predicted octanol–water partition coefficient (Wildman–Crippen LogP) is 4.63. The molecule has 11 heteroatoms. The molecule has 0 saturated carbocycles. The van der Waals surface area contributed by atoms with Crippen molar-refractivity contribution < 1.29 is 27.9 Å². The van der Waals surface area contributed by atoms with Crippen molar-refractivity contribution in [3.05, 3.63) is 69.8 Å². The van der Waals surface area contributed by atoms with Gasteiger partial charge in [-0.1, -0.05) is 12.1 Å². The summed E-state index contributed by atoms with van der Waals surface area (Å²) >= 11 is 1.02. The Bertz CT molecular complexity index is 1310. The van der Waals surface area contributed by atoms with Gasteiger partial charge in [-0.3, -0.25) is 14.5 Å². The number of alkyl halides is 3. The summed E-state index contributed by atoms with van der Waals surface area (Å²) in [5, 5.41) is 16.4. The smallest absolute Gasteiger partial charge is 0.416 e. The Labute approximate surface area is 183 Å². The molecule has 1 amide bonds. The lowest BCUT2D eigenvalue weighted by Gasteiger charge is -2.13. The Morgan fingerprint density at radius 2 is 2.06 bits per heavy atom. The summed E-state index contributed by atoms with van der Waals surface area (Å²) in [5.74, 6) is -0.956. The fourth-order valence-electron chi connectivity index (χ4n) is 3.30. The number of benzene rings is 2. The molecule has 2 heterocycles. The zero-order valence-corrected chi connectivity index (χ0v) is 17.3. The number of carbonyl (C=O) groups excluding carboxylic acids is 1. The van der Waals surface area contributed by atoms with Gasteiger partial charge in [0.1, 0.15) is 5.84 Å². The lowest BCUT2D eigenvalue weighted by Crippen LogP contribution is -2.18. The van der Waals surface area contributed by atoms with Gasteiger partial charge in [0, 0.05) is 18.6 Å². The van der Waals surface area contributed by atoms with E-state index in [0.29, 0.717) is 27.7 Å². The number of rotatable bonds is 4. The standard InChI is InChI=1S/C21H15F3N4O3S/c1-25-18-17(32-20(31)26-18)7-11-2-5-16-14(6-11)10-28(27-16)9-13-4-3-12(19(29)30)8-15(13)21(22,23)24/h2-8,10H,9H2,1H3,(H,29,30)(H,25,26,31)/b17-7-. The second kappa shape index (κ2) is 8.15. The Kier molecular flexibility index (Phi) is 5.51. The number of hydrogen-bond acceptors (Lipinski definition) is 5. The third kappa shape index (κ3) is 4.37. The minimum atomic E-state index is -4.70. The first kappa shape index (κ1) is 21.6. The molecule has 0 aliphatic carbocycles. The van der Waals surface area contributed by atoms with Gasteiger partial charge in [0.25, 0.3) is 5.24 Å². The van der Waals surface area contributed by atoms with Crippen LogP contribution in [0, 0.1) is 0 Å². The number of thioether (sulfide) groups is 1. The molecule has 2 aromatic carbocycles. The van der Waals surface area contributed by atoms with Crippen molar-refractivity contribution in [2.45, 2.75) is 12.7 Å². The molecule has 1 saturated heterocycles. The van der Waals surface area contributed by atoms with Crippen LogP contribution in [-0.2, 0) is 12.7 Å². The maximum atomic E-state index is 13.5. The van der Waals surface area contributed by atoms with Gasteiger partial charge in [-0.05, 0) is 53.2 Å². The van der Waals surface area contributed by atoms with Gasteiger partial charge in [-0.2, -0.15) is 18.3 Å². The maximum Gasteiger partial charge on any atom is 0.416 e. The SMILES string of the molecule is CN=C1NC(=O)S/C1=C\c1ccc2nn(Cc3ccc(C(=O)O)cc3C(F)(F)F)cc2c1. The first-order valence-electron chi connectivity index (χ1n) is 9.22. The Morgan fingerprint density at radius 1 is 1.28 bits per heavy atom. The van der Waals surface area contributed by atoms with Gasteiger partial charge in [-0.25, -0.2) is 4.79 Å². The number of aliphatic imine (C=N–C) groups is 1. The molecule has 32 heavy (non-hydrogen) atoms. The van der Waals surface area contributed by atoms with Crippen LogP contribution < -0.4 is 5.32 Å². The topological polar surface area (TPSA) is 96.6 Å². The number of fused-ring (bicyclic) bond motifs is 1. The average molecular weight is 460 g/mol. The molecule has 2 N–H and O–H groups in total. The number of carboxylic acid groups (broad SMARTS) is 1. The molecule has 1 aromatic heterocycles. The number of amidine groups is 1. The van der Waals surface area contributed by atoms with E-state index in [4.69, 9.17) is 5.11 Å². The highest BCUT2D eigenvalue weighted by molar-refractivity contribution is 8.18. The molecule has 7 nitrogen and oxygen atoms in total. The number of hydrogen-bond donors (Lipinski definition) is 2. The summed E-state index contributed by atoms with van der Waals surface area (Å²) in [7, 11) is 1.57. The molecule has 1 aliphatic heterocycles. The van der Waals surface area contributed by atoms with Crippen molar-refractivity contribution >= 4 is 45.8 Å². The van der Waals surface area contributed by atoms with Gasteiger partial charge in [-0.15, -0.1) is 0 Å². The second-order valence-electron chi connectivity index (χ2n) is 6.92. The van der Waals surface area contributed by atoms with Gasteiger partial charge < -0.3 is 10.4 Å². The Morgan fingerprint density at radius 3 is 2.75 bits per heavy atom. The lowest BCUT2D eigenvalue weighted by molar-refractivity contribution is -0.138. The van der Waals surface area contributed by atoms with E-state index in [1.54, 1.807) is 37.5 Å². The van der Waals surface area contributed by atoms with Crippen LogP contribution in [0.25, 0.3) is 17.0 Å². The molecule has 3 aromatic rings. The summed E-state index contributed by atoms with van der Waals surface area (Å²) in [4.78, 5) is 27.3. The van der Waals surface area contributed by atoms with Crippen molar-refractivity contribution in [1.29, 1.82) is 0 Å². The van der Waals surface area contributed by atoms with Gasteiger partial charge >= 0.3 is 12.1 Å². The lowest BCUT2D eigenvalue weighted by atomic mass is 10.0. The highest BCUT2D eigenvalue weighted by Crippen LogP contribution is 2.33. The highest BCUT2D eigenvalue weighted by atomic mass is 32.2. The van der Waals surface area contributed by atoms with Crippen LogP contribution in [0.1, 0.15) is 27.0 Å². The predicted molar refractivity (Wildman–Crippen MR) is 115 cm³/mol. The van der Waals surface area contributed by atoms with Crippen LogP contribution in [0.15, 0.2) is 52.5 Å². The molecule has 1 aliphatic rings. The fourth-order valence-corrected chi connectivity index (χ4v) is 4.08. The molecule has 164 valence electrons. The third-order valence-corrected chi connectivity index (χ3v) is 5.57. The van der Waals surface area contributed by atoms with Crippen molar-refractivity contribution in [2.75, 3.05) is 7.05 Å². The molecular weight excluding hydrogens is 445 g/mol. The zero-order chi connectivity index (χ0) is 23.0. The van der Waals surface area contributed by atoms with Crippen LogP contribution >= 0.6 is 11.8 Å². The van der Waals surface area contributed by atoms with E-state index in [1.807, 2.05) is 0 Å². The second-order valence-corrected chi connectivity index (χ2v) is 7.93. The van der Waals surface area contributed by atoms with Crippen molar-refractivity contribution in [3.63, 3.8) is 0 Å². The molecule has 0 atom stereocenters. The number of halogens is 3.